The molecule has 1 atom stereocenters. The predicted molar refractivity (Wildman–Crippen MR) is 75.1 cm³/mol. The summed E-state index contributed by atoms with van der Waals surface area (Å²) >= 11 is 3.01. The van der Waals surface area contributed by atoms with E-state index in [1.54, 1.807) is 0 Å². The molecule has 20 heavy (non-hydrogen) atoms. The molecular weight excluding hydrogens is 354 g/mol. The Bertz CT molecular complexity index is 642. The van der Waals surface area contributed by atoms with E-state index in [1.807, 2.05) is 0 Å². The SMILES string of the molecule is CC(CS(=O)(=O)Cc1cccc([N+](=O)[O-])c1Br)C(=O)O. The average Bonchev–Trinajstić information content (AvgIpc) is 2.30. The minimum Gasteiger partial charge on any atom is -0.481 e. The lowest BCUT2D eigenvalue weighted by Crippen LogP contribution is -2.22. The van der Waals surface area contributed by atoms with E-state index in [-0.39, 0.29) is 15.7 Å². The van der Waals surface area contributed by atoms with Gasteiger partial charge < -0.3 is 5.11 Å². The number of aliphatic carboxylic acids is 1. The van der Waals surface area contributed by atoms with Gasteiger partial charge >= 0.3 is 5.97 Å². The number of nitro benzene ring substituents is 1. The Labute approximate surface area is 123 Å². The lowest BCUT2D eigenvalue weighted by Gasteiger charge is -2.09. The topological polar surface area (TPSA) is 115 Å². The van der Waals surface area contributed by atoms with E-state index in [2.05, 4.69) is 15.9 Å². The van der Waals surface area contributed by atoms with Crippen molar-refractivity contribution in [3.8, 4) is 0 Å². The number of sulfone groups is 1. The summed E-state index contributed by atoms with van der Waals surface area (Å²) in [6.45, 7) is 1.29. The van der Waals surface area contributed by atoms with Crippen molar-refractivity contribution in [2.75, 3.05) is 5.75 Å². The zero-order valence-corrected chi connectivity index (χ0v) is 12.8. The molecule has 0 bridgehead atoms. The second-order valence-electron chi connectivity index (χ2n) is 4.30. The summed E-state index contributed by atoms with van der Waals surface area (Å²) in [6, 6.07) is 4.08. The quantitative estimate of drug-likeness (QED) is 0.608. The van der Waals surface area contributed by atoms with Crippen molar-refractivity contribution in [3.63, 3.8) is 0 Å². The Morgan fingerprint density at radius 1 is 1.50 bits per heavy atom. The summed E-state index contributed by atoms with van der Waals surface area (Å²) in [5.74, 6) is -3.20. The fourth-order valence-corrected chi connectivity index (χ4v) is 4.04. The Morgan fingerprint density at radius 2 is 2.10 bits per heavy atom. The largest absolute Gasteiger partial charge is 0.481 e. The lowest BCUT2D eigenvalue weighted by atomic mass is 10.2. The molecule has 0 aliphatic rings. The van der Waals surface area contributed by atoms with Crippen molar-refractivity contribution in [3.05, 3.63) is 38.3 Å². The number of nitrogens with zero attached hydrogens (tertiary/aromatic N) is 1. The van der Waals surface area contributed by atoms with Gasteiger partial charge in [0.2, 0.25) is 0 Å². The average molecular weight is 366 g/mol. The molecule has 0 aliphatic heterocycles. The van der Waals surface area contributed by atoms with E-state index in [4.69, 9.17) is 5.11 Å². The van der Waals surface area contributed by atoms with Crippen molar-refractivity contribution >= 4 is 37.4 Å². The summed E-state index contributed by atoms with van der Waals surface area (Å²) in [5.41, 5.74) is 0.000715. The molecule has 1 rings (SSSR count). The van der Waals surface area contributed by atoms with Crippen LogP contribution < -0.4 is 0 Å². The number of carboxylic acid groups (broad SMARTS) is 1. The van der Waals surface area contributed by atoms with Crippen LogP contribution in [0.3, 0.4) is 0 Å². The highest BCUT2D eigenvalue weighted by Crippen LogP contribution is 2.29. The van der Waals surface area contributed by atoms with Crippen molar-refractivity contribution in [1.82, 2.24) is 0 Å². The van der Waals surface area contributed by atoms with Crippen molar-refractivity contribution in [2.24, 2.45) is 5.92 Å². The van der Waals surface area contributed by atoms with Gasteiger partial charge in [-0.3, -0.25) is 14.9 Å². The maximum atomic E-state index is 11.9. The van der Waals surface area contributed by atoms with Crippen LogP contribution in [-0.2, 0) is 20.4 Å². The van der Waals surface area contributed by atoms with Crippen LogP contribution in [0.4, 0.5) is 5.69 Å². The third-order valence-electron chi connectivity index (χ3n) is 2.56. The zero-order valence-electron chi connectivity index (χ0n) is 10.4. The highest BCUT2D eigenvalue weighted by Gasteiger charge is 2.24. The van der Waals surface area contributed by atoms with Gasteiger partial charge in [-0.25, -0.2) is 8.42 Å². The molecule has 0 saturated heterocycles. The molecule has 0 aliphatic carbocycles. The van der Waals surface area contributed by atoms with Gasteiger partial charge in [-0.2, -0.15) is 0 Å². The molecule has 0 aromatic heterocycles. The molecule has 9 heteroatoms. The molecule has 7 nitrogen and oxygen atoms in total. The molecule has 0 amide bonds. The van der Waals surface area contributed by atoms with Crippen LogP contribution in [0, 0.1) is 16.0 Å². The van der Waals surface area contributed by atoms with Gasteiger partial charge in [0.1, 0.15) is 0 Å². The van der Waals surface area contributed by atoms with E-state index in [1.165, 1.54) is 25.1 Å². The minimum absolute atomic E-state index is 0.0940. The van der Waals surface area contributed by atoms with Crippen LogP contribution in [0.15, 0.2) is 22.7 Å². The monoisotopic (exact) mass is 365 g/mol. The van der Waals surface area contributed by atoms with E-state index >= 15 is 0 Å². The second kappa shape index (κ2) is 6.31. The van der Waals surface area contributed by atoms with Crippen LogP contribution >= 0.6 is 15.9 Å². The van der Waals surface area contributed by atoms with Crippen LogP contribution in [0.5, 0.6) is 0 Å². The van der Waals surface area contributed by atoms with Crippen molar-refractivity contribution in [2.45, 2.75) is 12.7 Å². The first-order valence-corrected chi connectivity index (χ1v) is 8.10. The van der Waals surface area contributed by atoms with Crippen molar-refractivity contribution in [1.29, 1.82) is 0 Å². The number of hydrogen-bond donors (Lipinski definition) is 1. The molecule has 1 unspecified atom stereocenters. The highest BCUT2D eigenvalue weighted by atomic mass is 79.9. The van der Waals surface area contributed by atoms with Crippen LogP contribution in [0.2, 0.25) is 0 Å². The standard InChI is InChI=1S/C11H12BrNO6S/c1-7(11(14)15)5-20(18,19)6-8-3-2-4-9(10(8)12)13(16)17/h2-4,7H,5-6H2,1H3,(H,14,15). The van der Waals surface area contributed by atoms with Crippen molar-refractivity contribution < 1.29 is 23.2 Å². The van der Waals surface area contributed by atoms with E-state index in [0.717, 1.165) is 0 Å². The Hall–Kier alpha value is -1.48. The third kappa shape index (κ3) is 4.27. The van der Waals surface area contributed by atoms with Crippen LogP contribution in [0.1, 0.15) is 12.5 Å². The van der Waals surface area contributed by atoms with Gasteiger partial charge in [-0.05, 0) is 21.5 Å². The van der Waals surface area contributed by atoms with Gasteiger partial charge in [-0.1, -0.05) is 19.1 Å². The Kier molecular flexibility index (Phi) is 5.23. The molecule has 0 saturated carbocycles. The normalized spacial score (nSPS) is 12.9. The number of nitro groups is 1. The molecule has 110 valence electrons. The summed E-state index contributed by atoms with van der Waals surface area (Å²) in [4.78, 5) is 20.8. The fraction of sp³-hybridized carbons (Fsp3) is 0.364. The first-order valence-electron chi connectivity index (χ1n) is 5.49. The summed E-state index contributed by atoms with van der Waals surface area (Å²) in [5, 5.41) is 19.5. The fourth-order valence-electron chi connectivity index (χ4n) is 1.57. The first kappa shape index (κ1) is 16.6. The van der Waals surface area contributed by atoms with Crippen LogP contribution in [-0.4, -0.2) is 30.2 Å². The number of hydrogen-bond acceptors (Lipinski definition) is 5. The molecule has 1 aromatic carbocycles. The third-order valence-corrected chi connectivity index (χ3v) is 5.23. The number of rotatable bonds is 6. The predicted octanol–water partition coefficient (Wildman–Crippen LogP) is 1.99. The molecule has 0 spiro atoms. The first-order chi connectivity index (χ1) is 9.14. The molecule has 0 radical (unpaired) electrons. The van der Waals surface area contributed by atoms with Gasteiger partial charge in [0.15, 0.2) is 9.84 Å². The number of halogens is 1. The maximum absolute atomic E-state index is 11.9. The number of carboxylic acids is 1. The van der Waals surface area contributed by atoms with Crippen LogP contribution in [0.25, 0.3) is 0 Å². The van der Waals surface area contributed by atoms with Gasteiger partial charge in [0, 0.05) is 6.07 Å². The Balaban J connectivity index is 3.02. The van der Waals surface area contributed by atoms with E-state index in [0.29, 0.717) is 0 Å². The molecule has 1 aromatic rings. The van der Waals surface area contributed by atoms with Gasteiger partial charge in [-0.15, -0.1) is 0 Å². The Morgan fingerprint density at radius 3 is 2.60 bits per heavy atom. The minimum atomic E-state index is -3.68. The van der Waals surface area contributed by atoms with Gasteiger partial charge in [0.05, 0.1) is 26.8 Å². The van der Waals surface area contributed by atoms with Gasteiger partial charge in [0.25, 0.3) is 5.69 Å². The smallest absolute Gasteiger partial charge is 0.307 e. The van der Waals surface area contributed by atoms with E-state index in [9.17, 15) is 23.3 Å². The lowest BCUT2D eigenvalue weighted by molar-refractivity contribution is -0.385. The molecule has 1 N–H and O–H groups in total. The molecule has 0 fully saturated rings. The summed E-state index contributed by atoms with van der Waals surface area (Å²) in [6.07, 6.45) is 0. The summed E-state index contributed by atoms with van der Waals surface area (Å²) in [7, 11) is -3.68. The number of carbonyl (C=O) groups is 1. The summed E-state index contributed by atoms with van der Waals surface area (Å²) < 4.78 is 23.9. The molecular formula is C11H12BrNO6S. The molecule has 0 heterocycles. The zero-order chi connectivity index (χ0) is 15.5. The van der Waals surface area contributed by atoms with E-state index < -0.39 is 38.2 Å². The maximum Gasteiger partial charge on any atom is 0.307 e. The highest BCUT2D eigenvalue weighted by molar-refractivity contribution is 9.10. The number of benzene rings is 1. The second-order valence-corrected chi connectivity index (χ2v) is 7.20.